The number of nitro groups is 1. The average molecular weight is 677 g/mol. The number of rotatable bonds is 10. The summed E-state index contributed by atoms with van der Waals surface area (Å²) in [7, 11) is 1.49. The largest absolute Gasteiger partial charge is 0.504 e. The molecule has 0 unspecified atom stereocenters. The molecule has 2 aromatic carbocycles. The van der Waals surface area contributed by atoms with Gasteiger partial charge in [0.2, 0.25) is 11.8 Å². The van der Waals surface area contributed by atoms with Gasteiger partial charge in [0.05, 0.1) is 45.8 Å². The molecule has 1 saturated heterocycles. The first-order valence-electron chi connectivity index (χ1n) is 13.4. The molecule has 2 aromatic rings. The molecule has 0 bridgehead atoms. The molecule has 0 saturated carbocycles. The highest BCUT2D eigenvalue weighted by Crippen LogP contribution is 2.47. The second kappa shape index (κ2) is 12.7. The Kier molecular flexibility index (Phi) is 9.50. The van der Waals surface area contributed by atoms with Crippen molar-refractivity contribution in [3.63, 3.8) is 0 Å². The summed E-state index contributed by atoms with van der Waals surface area (Å²) >= 11 is 2.04. The Bertz CT molecular complexity index is 1440. The molecular formula is C30H33IN2O8. The molecular weight excluding hydrogens is 643 g/mol. The molecule has 2 aliphatic rings. The van der Waals surface area contributed by atoms with E-state index in [0.717, 1.165) is 28.0 Å². The Hall–Kier alpha value is -3.29. The number of nitrogens with zero attached hydrogens (tertiary/aromatic N) is 2. The molecule has 3 N–H and O–H groups in total. The number of hydrogen-bond donors (Lipinski definition) is 3. The van der Waals surface area contributed by atoms with E-state index < -0.39 is 47.2 Å². The van der Waals surface area contributed by atoms with Crippen LogP contribution in [-0.2, 0) is 9.59 Å². The maximum atomic E-state index is 13.6. The maximum absolute atomic E-state index is 13.6. The summed E-state index contributed by atoms with van der Waals surface area (Å²) in [5.74, 6) is -2.86. The molecule has 41 heavy (non-hydrogen) atoms. The number of amides is 2. The molecule has 4 atom stereocenters. The van der Waals surface area contributed by atoms with Crippen LogP contribution < -0.4 is 9.64 Å². The minimum atomic E-state index is -0.938. The summed E-state index contributed by atoms with van der Waals surface area (Å²) < 4.78 is 5.91. The topological polar surface area (TPSA) is 150 Å². The number of fused-ring (bicyclic) bond motifs is 1. The predicted molar refractivity (Wildman–Crippen MR) is 161 cm³/mol. The molecule has 11 heteroatoms. The van der Waals surface area contributed by atoms with Gasteiger partial charge in [0.1, 0.15) is 0 Å². The van der Waals surface area contributed by atoms with E-state index in [2.05, 4.69) is 0 Å². The van der Waals surface area contributed by atoms with Gasteiger partial charge in [-0.3, -0.25) is 19.7 Å². The number of phenols is 1. The van der Waals surface area contributed by atoms with Gasteiger partial charge >= 0.3 is 0 Å². The second-order valence-corrected chi connectivity index (χ2v) is 11.6. The standard InChI is InChI=1S/C30H33IN2O8/c1-4-17(11-18-12-23(31)28(36)25(13-18)41-3)8-9-24(35)26-16(2)10-21-27(22(26)15-34)30(38)32(29(21)37)19-6-5-7-20(14-19)33(39)40/h5-7,11-14,21-22,24,27,34-36H,4,8-10,15H2,1-3H3/b17-11+/t21-,22+,24-,27-/m1/s1. The fraction of sp³-hybridized carbons (Fsp3) is 0.400. The van der Waals surface area contributed by atoms with Gasteiger partial charge in [-0.2, -0.15) is 0 Å². The first-order valence-corrected chi connectivity index (χ1v) is 14.5. The lowest BCUT2D eigenvalue weighted by molar-refractivity contribution is -0.384. The lowest BCUT2D eigenvalue weighted by Crippen LogP contribution is -2.38. The van der Waals surface area contributed by atoms with Crippen LogP contribution in [0.15, 0.2) is 53.1 Å². The van der Waals surface area contributed by atoms with Crippen LogP contribution in [0.2, 0.25) is 0 Å². The zero-order chi connectivity index (χ0) is 30.0. The molecule has 2 amide bonds. The van der Waals surface area contributed by atoms with Gasteiger partial charge in [-0.1, -0.05) is 30.2 Å². The number of aliphatic hydroxyl groups excluding tert-OH is 2. The van der Waals surface area contributed by atoms with Gasteiger partial charge < -0.3 is 20.1 Å². The lowest BCUT2D eigenvalue weighted by Gasteiger charge is -2.35. The molecule has 0 spiro atoms. The third kappa shape index (κ3) is 6.02. The Labute approximate surface area is 251 Å². The van der Waals surface area contributed by atoms with Crippen LogP contribution in [0.1, 0.15) is 45.1 Å². The van der Waals surface area contributed by atoms with E-state index in [0.29, 0.717) is 27.7 Å². The zero-order valence-corrected chi connectivity index (χ0v) is 25.2. The van der Waals surface area contributed by atoms with Gasteiger partial charge in [0.15, 0.2) is 11.5 Å². The minimum Gasteiger partial charge on any atom is -0.504 e. The van der Waals surface area contributed by atoms with E-state index in [1.165, 1.54) is 31.4 Å². The van der Waals surface area contributed by atoms with E-state index in [1.54, 1.807) is 6.07 Å². The van der Waals surface area contributed by atoms with Crippen molar-refractivity contribution >= 4 is 51.9 Å². The van der Waals surface area contributed by atoms with Crippen molar-refractivity contribution in [3.8, 4) is 11.5 Å². The van der Waals surface area contributed by atoms with Crippen molar-refractivity contribution in [2.24, 2.45) is 17.8 Å². The average Bonchev–Trinajstić information content (AvgIpc) is 3.20. The van der Waals surface area contributed by atoms with Gasteiger partial charge in [-0.25, -0.2) is 4.90 Å². The number of aliphatic hydroxyl groups is 2. The molecule has 1 heterocycles. The van der Waals surface area contributed by atoms with Gasteiger partial charge in [-0.05, 0) is 84.5 Å². The molecule has 10 nitrogen and oxygen atoms in total. The van der Waals surface area contributed by atoms with Crippen LogP contribution in [0.25, 0.3) is 6.08 Å². The van der Waals surface area contributed by atoms with Crippen LogP contribution in [0.3, 0.4) is 0 Å². The molecule has 0 aromatic heterocycles. The predicted octanol–water partition coefficient (Wildman–Crippen LogP) is 4.98. The van der Waals surface area contributed by atoms with Crippen molar-refractivity contribution in [1.29, 1.82) is 0 Å². The third-order valence-electron chi connectivity index (χ3n) is 8.02. The quantitative estimate of drug-likeness (QED) is 0.105. The van der Waals surface area contributed by atoms with Crippen LogP contribution >= 0.6 is 22.6 Å². The number of allylic oxidation sites excluding steroid dienone is 2. The SMILES string of the molecule is CC/C(=C\c1cc(I)c(O)c(OC)c1)CC[C@@H](O)C1=C(C)C[C@H]2C(=O)N(c3cccc([N+](=O)[O-])c3)C(=O)[C@H]2[C@H]1CO. The summed E-state index contributed by atoms with van der Waals surface area (Å²) in [5.41, 5.74) is 3.15. The summed E-state index contributed by atoms with van der Waals surface area (Å²) in [6, 6.07) is 8.97. The maximum Gasteiger partial charge on any atom is 0.271 e. The van der Waals surface area contributed by atoms with Crippen molar-refractivity contribution < 1.29 is 34.6 Å². The normalized spacial score (nSPS) is 21.8. The number of carbonyl (C=O) groups is 2. The number of halogens is 1. The highest BCUT2D eigenvalue weighted by Gasteiger charge is 2.55. The number of methoxy groups -OCH3 is 1. The Morgan fingerprint density at radius 2 is 2.00 bits per heavy atom. The molecule has 1 aliphatic heterocycles. The van der Waals surface area contributed by atoms with Crippen molar-refractivity contribution in [2.45, 2.75) is 45.6 Å². The number of imide groups is 1. The molecule has 218 valence electrons. The Morgan fingerprint density at radius 3 is 2.63 bits per heavy atom. The zero-order valence-electron chi connectivity index (χ0n) is 23.0. The number of non-ortho nitro benzene ring substituents is 1. The second-order valence-electron chi connectivity index (χ2n) is 10.4. The summed E-state index contributed by atoms with van der Waals surface area (Å²) in [6.07, 6.45) is 2.94. The van der Waals surface area contributed by atoms with E-state index in [9.17, 15) is 35.0 Å². The van der Waals surface area contributed by atoms with Crippen LogP contribution in [0.5, 0.6) is 11.5 Å². The van der Waals surface area contributed by atoms with Gasteiger partial charge in [0.25, 0.3) is 5.69 Å². The molecule has 1 aliphatic carbocycles. The molecule has 0 radical (unpaired) electrons. The first-order chi connectivity index (χ1) is 19.5. The van der Waals surface area contributed by atoms with E-state index in [1.807, 2.05) is 48.6 Å². The number of nitro benzene ring substituents is 1. The highest BCUT2D eigenvalue weighted by molar-refractivity contribution is 14.1. The van der Waals surface area contributed by atoms with Crippen LogP contribution in [0.4, 0.5) is 11.4 Å². The van der Waals surface area contributed by atoms with Crippen molar-refractivity contribution in [3.05, 3.63) is 72.4 Å². The van der Waals surface area contributed by atoms with E-state index in [-0.39, 0.29) is 23.5 Å². The number of aromatic hydroxyl groups is 1. The smallest absolute Gasteiger partial charge is 0.271 e. The molecule has 4 rings (SSSR count). The number of benzene rings is 2. The monoisotopic (exact) mass is 676 g/mol. The number of hydrogen-bond acceptors (Lipinski definition) is 8. The number of phenolic OH excluding ortho intramolecular Hbond substituents is 1. The molecule has 1 fully saturated rings. The summed E-state index contributed by atoms with van der Waals surface area (Å²) in [4.78, 5) is 38.6. The van der Waals surface area contributed by atoms with E-state index in [4.69, 9.17) is 4.74 Å². The number of ether oxygens (including phenoxy) is 1. The number of anilines is 1. The van der Waals surface area contributed by atoms with Crippen molar-refractivity contribution in [2.75, 3.05) is 18.6 Å². The van der Waals surface area contributed by atoms with E-state index >= 15 is 0 Å². The fourth-order valence-electron chi connectivity index (χ4n) is 6.01. The van der Waals surface area contributed by atoms with Crippen LogP contribution in [-0.4, -0.2) is 51.9 Å². The number of carbonyl (C=O) groups excluding carboxylic acids is 2. The Morgan fingerprint density at radius 1 is 1.27 bits per heavy atom. The Balaban J connectivity index is 1.56. The van der Waals surface area contributed by atoms with Gasteiger partial charge in [0, 0.05) is 18.1 Å². The fourth-order valence-corrected chi connectivity index (χ4v) is 6.64. The minimum absolute atomic E-state index is 0.0794. The summed E-state index contributed by atoms with van der Waals surface area (Å²) in [5, 5.41) is 43.1. The highest BCUT2D eigenvalue weighted by atomic mass is 127. The van der Waals surface area contributed by atoms with Crippen molar-refractivity contribution in [1.82, 2.24) is 0 Å². The van der Waals surface area contributed by atoms with Gasteiger partial charge in [-0.15, -0.1) is 0 Å². The third-order valence-corrected chi connectivity index (χ3v) is 8.84. The van der Waals surface area contributed by atoms with Crippen LogP contribution in [0, 0.1) is 31.4 Å². The summed E-state index contributed by atoms with van der Waals surface area (Å²) in [6.45, 7) is 3.40. The first kappa shape index (κ1) is 30.7. The lowest BCUT2D eigenvalue weighted by atomic mass is 9.68.